The smallest absolute Gasteiger partial charge is 0.263 e. The molecule has 0 bridgehead atoms. The molecule has 0 saturated carbocycles. The molecule has 1 aliphatic heterocycles. The molecule has 2 N–H and O–H groups in total. The third-order valence-electron chi connectivity index (χ3n) is 5.11. The minimum Gasteiger partial charge on any atom is -0.493 e. The molecule has 0 unspecified atom stereocenters. The first-order valence-corrected chi connectivity index (χ1v) is 14.4. The standard InChI is InChI=1S/C23H18N6O5S4/c1-33-19-10-14(11-20-21(30)25-23(35)37-20)2-7-18(19)34-13-15-12-29(28-26-15)16-3-5-17(6-4-16)38(31,32)27-22-24-8-9-36-22/h2-12H,13H2,1H3,(H,24,27)(H,25,30,35)/b20-11+. The van der Waals surface area contributed by atoms with Crippen LogP contribution in [0.3, 0.4) is 0 Å². The Bertz CT molecular complexity index is 1630. The van der Waals surface area contributed by atoms with Crippen LogP contribution in [0.5, 0.6) is 11.5 Å². The molecule has 4 aromatic rings. The van der Waals surface area contributed by atoms with Crippen LogP contribution in [0.25, 0.3) is 11.8 Å². The van der Waals surface area contributed by atoms with Crippen molar-refractivity contribution in [1.29, 1.82) is 0 Å². The number of ether oxygens (including phenoxy) is 2. The number of sulfonamides is 1. The van der Waals surface area contributed by atoms with Gasteiger partial charge in [-0.05, 0) is 48.0 Å². The number of aromatic nitrogens is 4. The summed E-state index contributed by atoms with van der Waals surface area (Å²) in [7, 11) is -2.22. The van der Waals surface area contributed by atoms with E-state index in [1.807, 2.05) is 0 Å². The molecule has 1 amide bonds. The second-order valence-electron chi connectivity index (χ2n) is 7.64. The normalized spacial score (nSPS) is 14.5. The predicted molar refractivity (Wildman–Crippen MR) is 148 cm³/mol. The number of thiazole rings is 1. The first kappa shape index (κ1) is 25.8. The van der Waals surface area contributed by atoms with E-state index in [1.54, 1.807) is 48.0 Å². The van der Waals surface area contributed by atoms with E-state index in [9.17, 15) is 13.2 Å². The van der Waals surface area contributed by atoms with Gasteiger partial charge in [-0.3, -0.25) is 9.52 Å². The Balaban J connectivity index is 1.24. The molecule has 3 heterocycles. The molecule has 0 spiro atoms. The van der Waals surface area contributed by atoms with Crippen LogP contribution in [0.4, 0.5) is 5.13 Å². The number of thiocarbonyl (C=S) groups is 1. The predicted octanol–water partition coefficient (Wildman–Crippen LogP) is 3.60. The summed E-state index contributed by atoms with van der Waals surface area (Å²) >= 11 is 7.41. The van der Waals surface area contributed by atoms with Gasteiger partial charge in [0.05, 0.1) is 28.8 Å². The van der Waals surface area contributed by atoms with Crippen molar-refractivity contribution < 1.29 is 22.7 Å². The minimum absolute atomic E-state index is 0.0983. The lowest BCUT2D eigenvalue weighted by Gasteiger charge is -2.10. The topological polar surface area (TPSA) is 137 Å². The minimum atomic E-state index is -3.75. The Morgan fingerprint density at radius 3 is 2.68 bits per heavy atom. The first-order valence-electron chi connectivity index (χ1n) is 10.8. The number of benzene rings is 2. The van der Waals surface area contributed by atoms with E-state index in [0.717, 1.165) is 5.56 Å². The highest BCUT2D eigenvalue weighted by atomic mass is 32.2. The lowest BCUT2D eigenvalue weighted by molar-refractivity contribution is -0.115. The fourth-order valence-corrected chi connectivity index (χ4v) is 6.17. The number of rotatable bonds is 9. The molecule has 0 aliphatic carbocycles. The van der Waals surface area contributed by atoms with Crippen LogP contribution in [0, 0.1) is 0 Å². The SMILES string of the molecule is COc1cc(/C=C2/SC(=S)NC2=O)ccc1OCc1cn(-c2ccc(S(=O)(=O)Nc3nccs3)cc2)nn1. The molecule has 1 fully saturated rings. The van der Waals surface area contributed by atoms with Gasteiger partial charge in [0.15, 0.2) is 16.6 Å². The molecule has 5 rings (SSSR count). The van der Waals surface area contributed by atoms with Gasteiger partial charge in [-0.2, -0.15) is 0 Å². The van der Waals surface area contributed by atoms with E-state index < -0.39 is 10.0 Å². The van der Waals surface area contributed by atoms with Crippen molar-refractivity contribution in [2.45, 2.75) is 11.5 Å². The molecule has 1 aliphatic rings. The van der Waals surface area contributed by atoms with Crippen molar-refractivity contribution in [2.75, 3.05) is 11.8 Å². The molecule has 2 aromatic carbocycles. The quantitative estimate of drug-likeness (QED) is 0.221. The number of anilines is 1. The van der Waals surface area contributed by atoms with Crippen molar-refractivity contribution in [1.82, 2.24) is 25.3 Å². The summed E-state index contributed by atoms with van der Waals surface area (Å²) in [5.41, 5.74) is 1.93. The van der Waals surface area contributed by atoms with Gasteiger partial charge in [-0.15, -0.1) is 16.4 Å². The van der Waals surface area contributed by atoms with Crippen LogP contribution in [0.1, 0.15) is 11.3 Å². The number of thioether (sulfide) groups is 1. The van der Waals surface area contributed by atoms with Gasteiger partial charge in [0.25, 0.3) is 15.9 Å². The van der Waals surface area contributed by atoms with Gasteiger partial charge in [0, 0.05) is 11.6 Å². The monoisotopic (exact) mass is 586 g/mol. The lowest BCUT2D eigenvalue weighted by atomic mass is 10.2. The molecule has 194 valence electrons. The Hall–Kier alpha value is -3.79. The van der Waals surface area contributed by atoms with Crippen molar-refractivity contribution in [3.8, 4) is 17.2 Å². The van der Waals surface area contributed by atoms with Crippen molar-refractivity contribution in [3.05, 3.63) is 76.4 Å². The van der Waals surface area contributed by atoms with Crippen LogP contribution in [-0.4, -0.2) is 45.7 Å². The van der Waals surface area contributed by atoms with Gasteiger partial charge in [-0.25, -0.2) is 18.1 Å². The fourth-order valence-electron chi connectivity index (χ4n) is 3.33. The molecule has 15 heteroatoms. The van der Waals surface area contributed by atoms with Crippen LogP contribution in [-0.2, 0) is 21.4 Å². The molecule has 2 aromatic heterocycles. The summed E-state index contributed by atoms with van der Waals surface area (Å²) in [6.45, 7) is 0.119. The summed E-state index contributed by atoms with van der Waals surface area (Å²) in [6.07, 6.45) is 4.93. The third-order valence-corrected chi connectivity index (χ3v) is 8.44. The van der Waals surface area contributed by atoms with E-state index in [0.29, 0.717) is 37.2 Å². The zero-order valence-electron chi connectivity index (χ0n) is 19.5. The number of methoxy groups -OCH3 is 1. The fraction of sp³-hybridized carbons (Fsp3) is 0.0870. The van der Waals surface area contributed by atoms with Gasteiger partial charge >= 0.3 is 0 Å². The van der Waals surface area contributed by atoms with Crippen molar-refractivity contribution in [2.24, 2.45) is 0 Å². The highest BCUT2D eigenvalue weighted by Crippen LogP contribution is 2.32. The average molecular weight is 587 g/mol. The number of nitrogens with zero attached hydrogens (tertiary/aromatic N) is 4. The van der Waals surface area contributed by atoms with Gasteiger partial charge < -0.3 is 14.8 Å². The molecule has 11 nitrogen and oxygen atoms in total. The zero-order chi connectivity index (χ0) is 26.7. The zero-order valence-corrected chi connectivity index (χ0v) is 22.8. The van der Waals surface area contributed by atoms with E-state index in [4.69, 9.17) is 21.7 Å². The Labute approximate surface area is 230 Å². The maximum Gasteiger partial charge on any atom is 0.263 e. The Morgan fingerprint density at radius 2 is 2.00 bits per heavy atom. The number of hydrogen-bond donors (Lipinski definition) is 2. The molecule has 1 saturated heterocycles. The maximum atomic E-state index is 12.5. The summed E-state index contributed by atoms with van der Waals surface area (Å²) in [4.78, 5) is 16.4. The van der Waals surface area contributed by atoms with Crippen molar-refractivity contribution >= 4 is 66.8 Å². The number of hydrogen-bond acceptors (Lipinski definition) is 11. The summed E-state index contributed by atoms with van der Waals surface area (Å²) in [5, 5.41) is 12.8. The number of amides is 1. The molecular weight excluding hydrogens is 569 g/mol. The highest BCUT2D eigenvalue weighted by Gasteiger charge is 2.22. The van der Waals surface area contributed by atoms with Crippen molar-refractivity contribution in [3.63, 3.8) is 0 Å². The number of carbonyl (C=O) groups excluding carboxylic acids is 1. The lowest BCUT2D eigenvalue weighted by Crippen LogP contribution is -2.17. The van der Waals surface area contributed by atoms with E-state index in [2.05, 4.69) is 25.3 Å². The highest BCUT2D eigenvalue weighted by molar-refractivity contribution is 8.26. The van der Waals surface area contributed by atoms with Gasteiger partial charge in [0.1, 0.15) is 16.6 Å². The third kappa shape index (κ3) is 5.85. The van der Waals surface area contributed by atoms with Crippen LogP contribution >= 0.6 is 35.3 Å². The second kappa shape index (κ2) is 10.9. The largest absolute Gasteiger partial charge is 0.493 e. The molecular formula is C23H18N6O5S4. The first-order chi connectivity index (χ1) is 18.3. The molecule has 0 atom stereocenters. The van der Waals surface area contributed by atoms with E-state index in [1.165, 1.54) is 53.2 Å². The number of nitrogens with one attached hydrogen (secondary N) is 2. The second-order valence-corrected chi connectivity index (χ2v) is 11.9. The average Bonchev–Trinajstić information content (AvgIpc) is 3.65. The van der Waals surface area contributed by atoms with Crippen LogP contribution < -0.4 is 19.5 Å². The Morgan fingerprint density at radius 1 is 1.18 bits per heavy atom. The van der Waals surface area contributed by atoms with Crippen LogP contribution in [0.15, 0.2) is 70.0 Å². The summed E-state index contributed by atoms with van der Waals surface area (Å²) in [6, 6.07) is 11.5. The van der Waals surface area contributed by atoms with Gasteiger partial charge in [0.2, 0.25) is 0 Å². The van der Waals surface area contributed by atoms with E-state index >= 15 is 0 Å². The summed E-state index contributed by atoms with van der Waals surface area (Å²) < 4.78 is 40.8. The van der Waals surface area contributed by atoms with Crippen LogP contribution in [0.2, 0.25) is 0 Å². The molecule has 0 radical (unpaired) electrons. The van der Waals surface area contributed by atoms with E-state index in [-0.39, 0.29) is 17.4 Å². The molecule has 38 heavy (non-hydrogen) atoms. The Kier molecular flexibility index (Phi) is 7.42. The summed E-state index contributed by atoms with van der Waals surface area (Å²) in [5.74, 6) is 0.748. The van der Waals surface area contributed by atoms with Gasteiger partial charge in [-0.1, -0.05) is 35.3 Å². The number of carbonyl (C=O) groups is 1. The maximum absolute atomic E-state index is 12.5.